The van der Waals surface area contributed by atoms with E-state index in [0.717, 1.165) is 18.8 Å². The zero-order valence-corrected chi connectivity index (χ0v) is 12.1. The lowest BCUT2D eigenvalue weighted by Crippen LogP contribution is -2.36. The maximum atomic E-state index is 11.9. The third-order valence-electron chi connectivity index (χ3n) is 3.05. The minimum atomic E-state index is -0.373. The minimum absolute atomic E-state index is 0.151. The molecule has 1 aliphatic heterocycles. The molecule has 2 rings (SSSR count). The van der Waals surface area contributed by atoms with E-state index >= 15 is 0 Å². The van der Waals surface area contributed by atoms with Crippen LogP contribution in [-0.4, -0.2) is 43.3 Å². The fourth-order valence-corrected chi connectivity index (χ4v) is 2.25. The zero-order valence-electron chi connectivity index (χ0n) is 11.4. The molecular formula is C13H17ClN4O3. The predicted molar refractivity (Wildman–Crippen MR) is 81.1 cm³/mol. The Morgan fingerprint density at radius 1 is 1.48 bits per heavy atom. The number of nitrogens with one attached hydrogen (secondary N) is 1. The Morgan fingerprint density at radius 3 is 2.86 bits per heavy atom. The van der Waals surface area contributed by atoms with Crippen molar-refractivity contribution in [1.82, 2.24) is 0 Å². The van der Waals surface area contributed by atoms with Crippen molar-refractivity contribution in [3.05, 3.63) is 23.2 Å². The number of hydrogen-bond donors (Lipinski definition) is 3. The fraction of sp³-hybridized carbons (Fsp3) is 0.385. The third-order valence-corrected chi connectivity index (χ3v) is 3.29. The van der Waals surface area contributed by atoms with Crippen LogP contribution in [0.1, 0.15) is 6.42 Å². The van der Waals surface area contributed by atoms with Crippen molar-refractivity contribution in [2.24, 2.45) is 10.9 Å². The summed E-state index contributed by atoms with van der Waals surface area (Å²) in [6.45, 7) is 2.76. The van der Waals surface area contributed by atoms with Crippen molar-refractivity contribution in [3.8, 4) is 0 Å². The summed E-state index contributed by atoms with van der Waals surface area (Å²) in [7, 11) is 0. The van der Waals surface area contributed by atoms with Crippen LogP contribution >= 0.6 is 11.6 Å². The number of rotatable bonds is 4. The molecule has 1 aromatic rings. The van der Waals surface area contributed by atoms with Crippen LogP contribution in [0.2, 0.25) is 5.02 Å². The molecule has 114 valence electrons. The molecule has 0 saturated carbocycles. The van der Waals surface area contributed by atoms with Crippen molar-refractivity contribution in [2.75, 3.05) is 36.5 Å². The van der Waals surface area contributed by atoms with Crippen LogP contribution in [0.15, 0.2) is 23.4 Å². The van der Waals surface area contributed by atoms with E-state index in [2.05, 4.69) is 15.4 Å². The normalized spacial score (nSPS) is 15.9. The van der Waals surface area contributed by atoms with E-state index < -0.39 is 0 Å². The first-order chi connectivity index (χ1) is 10.1. The monoisotopic (exact) mass is 312 g/mol. The van der Waals surface area contributed by atoms with E-state index in [4.69, 9.17) is 27.3 Å². The number of amides is 1. The van der Waals surface area contributed by atoms with Crippen LogP contribution < -0.4 is 16.0 Å². The Balaban J connectivity index is 2.16. The minimum Gasteiger partial charge on any atom is -0.409 e. The van der Waals surface area contributed by atoms with Crippen LogP contribution in [0.4, 0.5) is 11.4 Å². The molecule has 1 amide bonds. The largest absolute Gasteiger partial charge is 0.409 e. The summed E-state index contributed by atoms with van der Waals surface area (Å²) in [6.07, 6.45) is -0.189. The first kappa shape index (κ1) is 15.4. The van der Waals surface area contributed by atoms with Crippen molar-refractivity contribution in [1.29, 1.82) is 0 Å². The van der Waals surface area contributed by atoms with Gasteiger partial charge in [-0.3, -0.25) is 4.79 Å². The summed E-state index contributed by atoms with van der Waals surface area (Å²) in [5.41, 5.74) is 6.79. The number of hydrogen-bond acceptors (Lipinski definition) is 5. The first-order valence-corrected chi connectivity index (χ1v) is 6.86. The van der Waals surface area contributed by atoms with E-state index in [1.807, 2.05) is 6.07 Å². The van der Waals surface area contributed by atoms with Crippen molar-refractivity contribution in [2.45, 2.75) is 6.42 Å². The molecule has 1 saturated heterocycles. The summed E-state index contributed by atoms with van der Waals surface area (Å²) >= 11 is 5.99. The second-order valence-electron chi connectivity index (χ2n) is 4.58. The second kappa shape index (κ2) is 7.14. The maximum absolute atomic E-state index is 11.9. The van der Waals surface area contributed by atoms with E-state index in [9.17, 15) is 4.79 Å². The van der Waals surface area contributed by atoms with Gasteiger partial charge >= 0.3 is 0 Å². The zero-order chi connectivity index (χ0) is 15.2. The van der Waals surface area contributed by atoms with Gasteiger partial charge in [0.15, 0.2) is 0 Å². The molecule has 1 fully saturated rings. The molecule has 0 atom stereocenters. The molecule has 4 N–H and O–H groups in total. The lowest BCUT2D eigenvalue weighted by atomic mass is 10.2. The number of carbonyl (C=O) groups is 1. The quantitative estimate of drug-likeness (QED) is 0.336. The molecule has 0 aliphatic carbocycles. The number of carbonyl (C=O) groups excluding carboxylic acids is 1. The van der Waals surface area contributed by atoms with Gasteiger partial charge in [-0.1, -0.05) is 16.8 Å². The van der Waals surface area contributed by atoms with Gasteiger partial charge in [0.05, 0.1) is 31.0 Å². The van der Waals surface area contributed by atoms with Gasteiger partial charge in [-0.25, -0.2) is 0 Å². The number of oxime groups is 1. The molecule has 0 spiro atoms. The Labute approximate surface area is 127 Å². The molecule has 0 unspecified atom stereocenters. The number of nitrogens with two attached hydrogens (primary N) is 1. The van der Waals surface area contributed by atoms with Crippen molar-refractivity contribution < 1.29 is 14.7 Å². The topological polar surface area (TPSA) is 100 Å². The molecule has 21 heavy (non-hydrogen) atoms. The molecule has 7 nitrogen and oxygen atoms in total. The highest BCUT2D eigenvalue weighted by atomic mass is 35.5. The van der Waals surface area contributed by atoms with Crippen LogP contribution in [0.5, 0.6) is 0 Å². The van der Waals surface area contributed by atoms with Gasteiger partial charge in [-0.2, -0.15) is 0 Å². The van der Waals surface area contributed by atoms with E-state index in [1.54, 1.807) is 12.1 Å². The smallest absolute Gasteiger partial charge is 0.232 e. The van der Waals surface area contributed by atoms with Gasteiger partial charge in [0.25, 0.3) is 0 Å². The van der Waals surface area contributed by atoms with Crippen LogP contribution in [0, 0.1) is 0 Å². The second-order valence-corrected chi connectivity index (χ2v) is 5.01. The molecular weight excluding hydrogens is 296 g/mol. The maximum Gasteiger partial charge on any atom is 0.232 e. The summed E-state index contributed by atoms with van der Waals surface area (Å²) < 4.78 is 5.32. The molecule has 0 radical (unpaired) electrons. The number of ether oxygens (including phenoxy) is 1. The van der Waals surface area contributed by atoms with Gasteiger partial charge in [0.2, 0.25) is 5.91 Å². The Kier molecular flexibility index (Phi) is 5.24. The summed E-state index contributed by atoms with van der Waals surface area (Å²) in [6, 6.07) is 5.30. The highest BCUT2D eigenvalue weighted by molar-refractivity contribution is 6.31. The van der Waals surface area contributed by atoms with Crippen LogP contribution in [-0.2, 0) is 9.53 Å². The molecule has 1 heterocycles. The van der Waals surface area contributed by atoms with E-state index in [1.165, 1.54) is 0 Å². The Bertz CT molecular complexity index is 544. The number of benzene rings is 1. The number of amidine groups is 1. The standard InChI is InChI=1S/C13H17ClN4O3/c14-9-1-2-11(18-3-5-21-6-4-18)10(7-9)16-13(19)8-12(15)17-20/h1-2,7,20H,3-6,8H2,(H2,15,17)(H,16,19). The van der Waals surface area contributed by atoms with Gasteiger partial charge in [0, 0.05) is 18.1 Å². The number of anilines is 2. The van der Waals surface area contributed by atoms with E-state index in [-0.39, 0.29) is 18.2 Å². The summed E-state index contributed by atoms with van der Waals surface area (Å²) in [5.74, 6) is -0.524. The first-order valence-electron chi connectivity index (χ1n) is 6.48. The van der Waals surface area contributed by atoms with Crippen molar-refractivity contribution >= 4 is 34.7 Å². The lowest BCUT2D eigenvalue weighted by Gasteiger charge is -2.30. The summed E-state index contributed by atoms with van der Waals surface area (Å²) in [5, 5.41) is 14.5. The SMILES string of the molecule is NC(CC(=O)Nc1cc(Cl)ccc1N1CCOCC1)=NO. The molecule has 0 aromatic heterocycles. The van der Waals surface area contributed by atoms with Crippen LogP contribution in [0.25, 0.3) is 0 Å². The van der Waals surface area contributed by atoms with Crippen LogP contribution in [0.3, 0.4) is 0 Å². The fourth-order valence-electron chi connectivity index (χ4n) is 2.08. The number of nitrogens with zero attached hydrogens (tertiary/aromatic N) is 2. The predicted octanol–water partition coefficient (Wildman–Crippen LogP) is 1.25. The van der Waals surface area contributed by atoms with Gasteiger partial charge in [-0.15, -0.1) is 0 Å². The number of morpholine rings is 1. The average molecular weight is 313 g/mol. The molecule has 0 bridgehead atoms. The Morgan fingerprint density at radius 2 is 2.19 bits per heavy atom. The third kappa shape index (κ3) is 4.24. The highest BCUT2D eigenvalue weighted by Crippen LogP contribution is 2.29. The lowest BCUT2D eigenvalue weighted by molar-refractivity contribution is -0.115. The van der Waals surface area contributed by atoms with Gasteiger partial charge in [-0.05, 0) is 18.2 Å². The molecule has 8 heteroatoms. The van der Waals surface area contributed by atoms with E-state index in [0.29, 0.717) is 23.9 Å². The highest BCUT2D eigenvalue weighted by Gasteiger charge is 2.17. The summed E-state index contributed by atoms with van der Waals surface area (Å²) in [4.78, 5) is 14.0. The van der Waals surface area contributed by atoms with Crippen molar-refractivity contribution in [3.63, 3.8) is 0 Å². The average Bonchev–Trinajstić information content (AvgIpc) is 2.48. The Hall–Kier alpha value is -1.99. The number of halogens is 1. The molecule has 1 aromatic carbocycles. The molecule has 1 aliphatic rings. The van der Waals surface area contributed by atoms with Gasteiger partial charge in [0.1, 0.15) is 5.84 Å². The van der Waals surface area contributed by atoms with Gasteiger partial charge < -0.3 is 25.9 Å².